The van der Waals surface area contributed by atoms with Crippen molar-refractivity contribution in [2.75, 3.05) is 27.4 Å². The van der Waals surface area contributed by atoms with Gasteiger partial charge in [0.2, 0.25) is 0 Å². The highest BCUT2D eigenvalue weighted by Crippen LogP contribution is 1.97. The fourth-order valence-electron chi connectivity index (χ4n) is 0.829. The average molecular weight is 192 g/mol. The maximum Gasteiger partial charge on any atom is 0.109 e. The molecule has 0 amide bonds. The fraction of sp³-hybridized carbons (Fsp3) is 1.00. The molecule has 0 rings (SSSR count). The second-order valence-electron chi connectivity index (χ2n) is 2.78. The van der Waals surface area contributed by atoms with Gasteiger partial charge in [0.15, 0.2) is 0 Å². The summed E-state index contributed by atoms with van der Waals surface area (Å²) in [6.45, 7) is 1.16. The van der Waals surface area contributed by atoms with Crippen LogP contribution in [0.3, 0.4) is 0 Å². The summed E-state index contributed by atoms with van der Waals surface area (Å²) < 4.78 is 14.9. The molecule has 0 saturated carbocycles. The van der Waals surface area contributed by atoms with Crippen LogP contribution < -0.4 is 11.5 Å². The van der Waals surface area contributed by atoms with Crippen LogP contribution in [-0.2, 0) is 14.2 Å². The molecule has 4 N–H and O–H groups in total. The number of hydrogen-bond acceptors (Lipinski definition) is 5. The second-order valence-corrected chi connectivity index (χ2v) is 2.78. The predicted octanol–water partition coefficient (Wildman–Crippen LogP) is -0.354. The lowest BCUT2D eigenvalue weighted by Gasteiger charge is -2.18. The predicted molar refractivity (Wildman–Crippen MR) is 50.0 cm³/mol. The maximum absolute atomic E-state index is 5.61. The second kappa shape index (κ2) is 8.40. The standard InChI is InChI=1S/C8H20N2O3/c1-11-5-3-7(9)13-8(10)4-6-12-2/h7-8H,3-6,9-10H2,1-2H3. The van der Waals surface area contributed by atoms with Crippen molar-refractivity contribution >= 4 is 0 Å². The number of rotatable bonds is 8. The third-order valence-corrected chi connectivity index (χ3v) is 1.56. The summed E-state index contributed by atoms with van der Waals surface area (Å²) >= 11 is 0. The van der Waals surface area contributed by atoms with E-state index in [1.54, 1.807) is 14.2 Å². The maximum atomic E-state index is 5.61. The molecule has 80 valence electrons. The van der Waals surface area contributed by atoms with E-state index < -0.39 is 0 Å². The molecule has 13 heavy (non-hydrogen) atoms. The van der Waals surface area contributed by atoms with E-state index >= 15 is 0 Å². The summed E-state index contributed by atoms with van der Waals surface area (Å²) in [6, 6.07) is 0. The van der Waals surface area contributed by atoms with Crippen LogP contribution in [0.1, 0.15) is 12.8 Å². The van der Waals surface area contributed by atoms with Crippen molar-refractivity contribution in [1.29, 1.82) is 0 Å². The van der Waals surface area contributed by atoms with E-state index in [9.17, 15) is 0 Å². The Morgan fingerprint density at radius 3 is 1.62 bits per heavy atom. The first-order valence-electron chi connectivity index (χ1n) is 4.35. The van der Waals surface area contributed by atoms with Crippen LogP contribution >= 0.6 is 0 Å². The molecular weight excluding hydrogens is 172 g/mol. The van der Waals surface area contributed by atoms with Crippen LogP contribution in [0.15, 0.2) is 0 Å². The molecule has 0 fully saturated rings. The molecule has 0 aromatic rings. The highest BCUT2D eigenvalue weighted by molar-refractivity contribution is 4.53. The molecule has 0 aliphatic heterocycles. The van der Waals surface area contributed by atoms with Gasteiger partial charge in [-0.05, 0) is 0 Å². The molecule has 0 aliphatic carbocycles. The molecule has 0 aliphatic rings. The van der Waals surface area contributed by atoms with Crippen molar-refractivity contribution < 1.29 is 14.2 Å². The zero-order valence-corrected chi connectivity index (χ0v) is 8.36. The topological polar surface area (TPSA) is 79.7 Å². The normalized spacial score (nSPS) is 15.7. The molecule has 0 bridgehead atoms. The minimum Gasteiger partial charge on any atom is -0.385 e. The SMILES string of the molecule is COCCC(N)OC(N)CCOC. The smallest absolute Gasteiger partial charge is 0.109 e. The van der Waals surface area contributed by atoms with Gasteiger partial charge in [0.1, 0.15) is 12.5 Å². The lowest BCUT2D eigenvalue weighted by atomic mass is 10.4. The molecule has 0 aromatic carbocycles. The van der Waals surface area contributed by atoms with Crippen molar-refractivity contribution in [3.05, 3.63) is 0 Å². The summed E-state index contributed by atoms with van der Waals surface area (Å²) in [6.07, 6.45) is 0.590. The zero-order valence-electron chi connectivity index (χ0n) is 8.36. The Morgan fingerprint density at radius 2 is 1.31 bits per heavy atom. The van der Waals surface area contributed by atoms with Crippen molar-refractivity contribution in [2.24, 2.45) is 11.5 Å². The Kier molecular flexibility index (Phi) is 8.27. The lowest BCUT2D eigenvalue weighted by Crippen LogP contribution is -2.36. The molecule has 0 heterocycles. The molecule has 0 saturated heterocycles. The lowest BCUT2D eigenvalue weighted by molar-refractivity contribution is -0.0317. The Balaban J connectivity index is 3.35. The van der Waals surface area contributed by atoms with Gasteiger partial charge in [0.25, 0.3) is 0 Å². The number of nitrogens with two attached hydrogens (primary N) is 2. The fourth-order valence-corrected chi connectivity index (χ4v) is 0.829. The molecule has 2 unspecified atom stereocenters. The van der Waals surface area contributed by atoms with E-state index in [0.717, 1.165) is 0 Å². The highest BCUT2D eigenvalue weighted by Gasteiger charge is 2.08. The van der Waals surface area contributed by atoms with Crippen LogP contribution in [0, 0.1) is 0 Å². The minimum absolute atomic E-state index is 0.355. The summed E-state index contributed by atoms with van der Waals surface area (Å²) in [5.41, 5.74) is 11.2. The Labute approximate surface area is 79.3 Å². The van der Waals surface area contributed by atoms with Gasteiger partial charge >= 0.3 is 0 Å². The van der Waals surface area contributed by atoms with Gasteiger partial charge in [-0.1, -0.05) is 0 Å². The van der Waals surface area contributed by atoms with Crippen LogP contribution in [0.2, 0.25) is 0 Å². The summed E-state index contributed by atoms with van der Waals surface area (Å²) in [5.74, 6) is 0. The Hall–Kier alpha value is -0.200. The van der Waals surface area contributed by atoms with Crippen molar-refractivity contribution in [3.63, 3.8) is 0 Å². The number of hydrogen-bond donors (Lipinski definition) is 2. The monoisotopic (exact) mass is 192 g/mol. The first kappa shape index (κ1) is 12.8. The van der Waals surface area contributed by atoms with Gasteiger partial charge in [-0.3, -0.25) is 0 Å². The quantitative estimate of drug-likeness (QED) is 0.514. The molecule has 0 aromatic heterocycles. The Morgan fingerprint density at radius 1 is 0.923 bits per heavy atom. The third-order valence-electron chi connectivity index (χ3n) is 1.56. The highest BCUT2D eigenvalue weighted by atomic mass is 16.5. The van der Waals surface area contributed by atoms with Crippen molar-refractivity contribution in [2.45, 2.75) is 25.3 Å². The molecule has 0 spiro atoms. The number of methoxy groups -OCH3 is 2. The zero-order chi connectivity index (χ0) is 10.1. The van der Waals surface area contributed by atoms with E-state index in [0.29, 0.717) is 26.1 Å². The van der Waals surface area contributed by atoms with Gasteiger partial charge in [0.05, 0.1) is 0 Å². The van der Waals surface area contributed by atoms with Gasteiger partial charge in [-0.15, -0.1) is 0 Å². The number of ether oxygens (including phenoxy) is 3. The molecular formula is C8H20N2O3. The minimum atomic E-state index is -0.355. The van der Waals surface area contributed by atoms with Gasteiger partial charge in [-0.25, -0.2) is 0 Å². The van der Waals surface area contributed by atoms with Crippen LogP contribution in [-0.4, -0.2) is 39.9 Å². The van der Waals surface area contributed by atoms with E-state index in [-0.39, 0.29) is 12.5 Å². The van der Waals surface area contributed by atoms with Gasteiger partial charge in [0, 0.05) is 40.3 Å². The summed E-state index contributed by atoms with van der Waals surface area (Å²) in [4.78, 5) is 0. The van der Waals surface area contributed by atoms with E-state index in [2.05, 4.69) is 0 Å². The van der Waals surface area contributed by atoms with Crippen LogP contribution in [0.5, 0.6) is 0 Å². The largest absolute Gasteiger partial charge is 0.385 e. The molecule has 5 heteroatoms. The summed E-state index contributed by atoms with van der Waals surface area (Å²) in [7, 11) is 3.25. The first-order valence-corrected chi connectivity index (χ1v) is 4.35. The molecule has 5 nitrogen and oxygen atoms in total. The van der Waals surface area contributed by atoms with E-state index in [4.69, 9.17) is 25.7 Å². The molecule has 2 atom stereocenters. The van der Waals surface area contributed by atoms with E-state index in [1.807, 2.05) is 0 Å². The van der Waals surface area contributed by atoms with Crippen LogP contribution in [0.25, 0.3) is 0 Å². The van der Waals surface area contributed by atoms with Crippen molar-refractivity contribution in [1.82, 2.24) is 0 Å². The molecule has 0 radical (unpaired) electrons. The van der Waals surface area contributed by atoms with E-state index in [1.165, 1.54) is 0 Å². The van der Waals surface area contributed by atoms with Gasteiger partial charge < -0.3 is 25.7 Å². The van der Waals surface area contributed by atoms with Crippen molar-refractivity contribution in [3.8, 4) is 0 Å². The van der Waals surface area contributed by atoms with Crippen LogP contribution in [0.4, 0.5) is 0 Å². The summed E-state index contributed by atoms with van der Waals surface area (Å²) in [5, 5.41) is 0. The first-order chi connectivity index (χ1) is 6.20. The third kappa shape index (κ3) is 8.14. The average Bonchev–Trinajstić information content (AvgIpc) is 2.11. The Bertz CT molecular complexity index is 102. The van der Waals surface area contributed by atoms with Gasteiger partial charge in [-0.2, -0.15) is 0 Å².